The molecular weight excluding hydrogens is 344 g/mol. The number of methoxy groups -OCH3 is 1. The topological polar surface area (TPSA) is 52.3 Å². The van der Waals surface area contributed by atoms with Crippen LogP contribution in [0.2, 0.25) is 0 Å². The van der Waals surface area contributed by atoms with E-state index in [9.17, 15) is 0 Å². The van der Waals surface area contributed by atoms with Crippen LogP contribution in [0.25, 0.3) is 15.9 Å². The maximum Gasteiger partial charge on any atom is 0.172 e. The molecule has 4 aromatic rings. The summed E-state index contributed by atoms with van der Waals surface area (Å²) in [6, 6.07) is 8.09. The molecule has 0 saturated carbocycles. The molecule has 26 heavy (non-hydrogen) atoms. The summed E-state index contributed by atoms with van der Waals surface area (Å²) in [6.45, 7) is 2.33. The molecule has 1 atom stereocenters. The van der Waals surface area contributed by atoms with Crippen molar-refractivity contribution in [3.05, 3.63) is 52.4 Å². The lowest BCUT2D eigenvalue weighted by atomic mass is 9.89. The van der Waals surface area contributed by atoms with Gasteiger partial charge in [0.15, 0.2) is 5.65 Å². The number of aryl methyl sites for hydroxylation is 1. The standard InChI is InChI=1S/C20H20N4OS/c1-12-3-8-16-15(9-12)18-19-23-22-17(24(19)11-21-20(18)26-16)10-13-4-6-14(25-2)7-5-13/h4-7,11-12H,3,8-10H2,1-2H3/t12-/m1/s1. The van der Waals surface area contributed by atoms with Gasteiger partial charge in [0.1, 0.15) is 22.7 Å². The first kappa shape index (κ1) is 15.8. The molecule has 132 valence electrons. The van der Waals surface area contributed by atoms with Crippen LogP contribution in [0.3, 0.4) is 0 Å². The zero-order valence-corrected chi connectivity index (χ0v) is 15.7. The second-order valence-electron chi connectivity index (χ2n) is 7.11. The first-order chi connectivity index (χ1) is 12.7. The fraction of sp³-hybridized carbons (Fsp3) is 0.350. The lowest BCUT2D eigenvalue weighted by molar-refractivity contribution is 0.414. The molecule has 0 amide bonds. The number of ether oxygens (including phenoxy) is 1. The quantitative estimate of drug-likeness (QED) is 0.550. The molecule has 5 rings (SSSR count). The molecule has 0 spiro atoms. The number of benzene rings is 1. The van der Waals surface area contributed by atoms with E-state index < -0.39 is 0 Å². The number of rotatable bonds is 3. The summed E-state index contributed by atoms with van der Waals surface area (Å²) < 4.78 is 7.29. The predicted molar refractivity (Wildman–Crippen MR) is 103 cm³/mol. The minimum atomic E-state index is 0.723. The molecule has 6 heteroatoms. The van der Waals surface area contributed by atoms with Crippen molar-refractivity contribution < 1.29 is 4.74 Å². The van der Waals surface area contributed by atoms with Gasteiger partial charge in [-0.2, -0.15) is 0 Å². The first-order valence-corrected chi connectivity index (χ1v) is 9.80. The number of hydrogen-bond acceptors (Lipinski definition) is 5. The van der Waals surface area contributed by atoms with E-state index >= 15 is 0 Å². The highest BCUT2D eigenvalue weighted by Gasteiger charge is 2.23. The van der Waals surface area contributed by atoms with Gasteiger partial charge in [0, 0.05) is 11.3 Å². The maximum absolute atomic E-state index is 5.23. The third-order valence-electron chi connectivity index (χ3n) is 5.29. The van der Waals surface area contributed by atoms with Gasteiger partial charge in [-0.15, -0.1) is 21.5 Å². The van der Waals surface area contributed by atoms with Crippen LogP contribution < -0.4 is 4.74 Å². The van der Waals surface area contributed by atoms with Crippen molar-refractivity contribution in [1.29, 1.82) is 0 Å². The Morgan fingerprint density at radius 1 is 1.23 bits per heavy atom. The Morgan fingerprint density at radius 3 is 2.88 bits per heavy atom. The van der Waals surface area contributed by atoms with Crippen molar-refractivity contribution >= 4 is 27.2 Å². The van der Waals surface area contributed by atoms with E-state index in [1.54, 1.807) is 7.11 Å². The fourth-order valence-electron chi connectivity index (χ4n) is 3.84. The van der Waals surface area contributed by atoms with Crippen LogP contribution in [0.4, 0.5) is 0 Å². The number of aromatic nitrogens is 4. The summed E-state index contributed by atoms with van der Waals surface area (Å²) in [5.41, 5.74) is 3.58. The van der Waals surface area contributed by atoms with Crippen molar-refractivity contribution in [2.45, 2.75) is 32.6 Å². The Labute approximate surface area is 155 Å². The molecule has 0 bridgehead atoms. The summed E-state index contributed by atoms with van der Waals surface area (Å²) in [5, 5.41) is 10.2. The molecular formula is C20H20N4OS. The monoisotopic (exact) mass is 364 g/mol. The Balaban J connectivity index is 1.59. The number of thiophene rings is 1. The van der Waals surface area contributed by atoms with E-state index in [1.165, 1.54) is 27.8 Å². The maximum atomic E-state index is 5.23. The van der Waals surface area contributed by atoms with Crippen LogP contribution in [0.1, 0.15) is 35.2 Å². The van der Waals surface area contributed by atoms with Crippen LogP contribution in [0.5, 0.6) is 5.75 Å². The SMILES string of the molecule is COc1ccc(Cc2nnc3c4c5c(sc4ncn23)CC[C@@H](C)C5)cc1. The van der Waals surface area contributed by atoms with Crippen LogP contribution in [0, 0.1) is 5.92 Å². The zero-order valence-electron chi connectivity index (χ0n) is 14.9. The van der Waals surface area contributed by atoms with Crippen molar-refractivity contribution in [3.63, 3.8) is 0 Å². The van der Waals surface area contributed by atoms with Crippen LogP contribution in [-0.2, 0) is 19.3 Å². The molecule has 0 fully saturated rings. The fourth-order valence-corrected chi connectivity index (χ4v) is 5.02. The molecule has 3 heterocycles. The van der Waals surface area contributed by atoms with Gasteiger partial charge in [0.2, 0.25) is 0 Å². The Morgan fingerprint density at radius 2 is 2.08 bits per heavy atom. The van der Waals surface area contributed by atoms with Gasteiger partial charge < -0.3 is 4.74 Å². The molecule has 1 aliphatic rings. The largest absolute Gasteiger partial charge is 0.497 e. The molecule has 0 aliphatic heterocycles. The van der Waals surface area contributed by atoms with Crippen LogP contribution in [0.15, 0.2) is 30.6 Å². The summed E-state index contributed by atoms with van der Waals surface area (Å²) in [7, 11) is 1.68. The summed E-state index contributed by atoms with van der Waals surface area (Å²) in [4.78, 5) is 7.30. The summed E-state index contributed by atoms with van der Waals surface area (Å²) in [6.07, 6.45) is 6.16. The Hall–Kier alpha value is -2.47. The van der Waals surface area contributed by atoms with Crippen molar-refractivity contribution in [2.24, 2.45) is 5.92 Å². The van der Waals surface area contributed by atoms with E-state index in [2.05, 4.69) is 33.7 Å². The number of hydrogen-bond donors (Lipinski definition) is 0. The molecule has 3 aromatic heterocycles. The number of nitrogens with zero attached hydrogens (tertiary/aromatic N) is 4. The lowest BCUT2D eigenvalue weighted by Crippen LogP contribution is -2.09. The van der Waals surface area contributed by atoms with Crippen LogP contribution >= 0.6 is 11.3 Å². The van der Waals surface area contributed by atoms with Gasteiger partial charge in [0.05, 0.1) is 12.5 Å². The lowest BCUT2D eigenvalue weighted by Gasteiger charge is -2.17. The van der Waals surface area contributed by atoms with E-state index in [-0.39, 0.29) is 0 Å². The molecule has 0 N–H and O–H groups in total. The highest BCUT2D eigenvalue weighted by molar-refractivity contribution is 7.19. The minimum absolute atomic E-state index is 0.723. The average Bonchev–Trinajstić information content (AvgIpc) is 3.23. The van der Waals surface area contributed by atoms with Crippen molar-refractivity contribution in [2.75, 3.05) is 7.11 Å². The highest BCUT2D eigenvalue weighted by atomic mass is 32.1. The third-order valence-corrected chi connectivity index (χ3v) is 6.49. The smallest absolute Gasteiger partial charge is 0.172 e. The second kappa shape index (κ2) is 6.06. The molecule has 1 aliphatic carbocycles. The number of fused-ring (bicyclic) bond motifs is 5. The predicted octanol–water partition coefficient (Wildman–Crippen LogP) is 4.06. The normalized spacial score (nSPS) is 16.9. The zero-order chi connectivity index (χ0) is 17.7. The van der Waals surface area contributed by atoms with Crippen molar-refractivity contribution in [1.82, 2.24) is 19.6 Å². The third kappa shape index (κ3) is 2.48. The molecule has 5 nitrogen and oxygen atoms in total. The van der Waals surface area contributed by atoms with Crippen molar-refractivity contribution in [3.8, 4) is 5.75 Å². The van der Waals surface area contributed by atoms with Gasteiger partial charge in [-0.05, 0) is 48.4 Å². The highest BCUT2D eigenvalue weighted by Crippen LogP contribution is 2.38. The summed E-state index contributed by atoms with van der Waals surface area (Å²) in [5.74, 6) is 2.51. The average molecular weight is 364 g/mol. The van der Waals surface area contributed by atoms with E-state index in [1.807, 2.05) is 29.8 Å². The minimum Gasteiger partial charge on any atom is -0.497 e. The van der Waals surface area contributed by atoms with Gasteiger partial charge in [0.25, 0.3) is 0 Å². The Bertz CT molecular complexity index is 1100. The van der Waals surface area contributed by atoms with E-state index in [0.29, 0.717) is 0 Å². The summed E-state index contributed by atoms with van der Waals surface area (Å²) >= 11 is 1.83. The van der Waals surface area contributed by atoms with Gasteiger partial charge in [-0.1, -0.05) is 19.1 Å². The van der Waals surface area contributed by atoms with Crippen LogP contribution in [-0.4, -0.2) is 26.7 Å². The molecule has 1 aromatic carbocycles. The van der Waals surface area contributed by atoms with Gasteiger partial charge in [-0.3, -0.25) is 4.40 Å². The molecule has 0 unspecified atom stereocenters. The second-order valence-corrected chi connectivity index (χ2v) is 8.19. The molecule has 0 radical (unpaired) electrons. The van der Waals surface area contributed by atoms with E-state index in [0.717, 1.165) is 47.2 Å². The molecule has 0 saturated heterocycles. The van der Waals surface area contributed by atoms with Gasteiger partial charge in [-0.25, -0.2) is 4.98 Å². The van der Waals surface area contributed by atoms with E-state index in [4.69, 9.17) is 9.72 Å². The Kier molecular flexibility index (Phi) is 3.67. The first-order valence-electron chi connectivity index (χ1n) is 8.98. The van der Waals surface area contributed by atoms with Gasteiger partial charge >= 0.3 is 0 Å².